The molecule has 0 spiro atoms. The van der Waals surface area contributed by atoms with E-state index in [1.165, 1.54) is 24.9 Å². The average Bonchev–Trinajstić information content (AvgIpc) is 3.20. The molecule has 0 bridgehead atoms. The van der Waals surface area contributed by atoms with Gasteiger partial charge in [-0.15, -0.1) is 0 Å². The zero-order chi connectivity index (χ0) is 16.1. The van der Waals surface area contributed by atoms with Gasteiger partial charge in [0.25, 0.3) is 0 Å². The number of aromatic nitrogens is 2. The van der Waals surface area contributed by atoms with Gasteiger partial charge in [-0.3, -0.25) is 9.58 Å². The second-order valence-electron chi connectivity index (χ2n) is 6.83. The Balaban J connectivity index is 1.48. The number of nitrogens with zero attached hydrogens (tertiary/aromatic N) is 3. The fourth-order valence-corrected chi connectivity index (χ4v) is 3.75. The third kappa shape index (κ3) is 4.53. The first-order valence-corrected chi connectivity index (χ1v) is 8.81. The van der Waals surface area contributed by atoms with Gasteiger partial charge in [0.05, 0.1) is 18.9 Å². The molecule has 1 aromatic heterocycles. The van der Waals surface area contributed by atoms with Crippen LogP contribution in [0.5, 0.6) is 0 Å². The zero-order valence-corrected chi connectivity index (χ0v) is 14.4. The first kappa shape index (κ1) is 16.9. The monoisotopic (exact) mass is 322 g/mol. The molecule has 2 aliphatic heterocycles. The minimum atomic E-state index is 0.191. The number of methoxy groups -OCH3 is 1. The molecule has 1 N–H and O–H groups in total. The Morgan fingerprint density at radius 1 is 1.43 bits per heavy atom. The zero-order valence-electron chi connectivity index (χ0n) is 14.4. The van der Waals surface area contributed by atoms with Gasteiger partial charge in [0.15, 0.2) is 0 Å². The van der Waals surface area contributed by atoms with Crippen molar-refractivity contribution in [2.75, 3.05) is 46.5 Å². The third-order valence-corrected chi connectivity index (χ3v) is 5.05. The van der Waals surface area contributed by atoms with Gasteiger partial charge in [-0.2, -0.15) is 5.10 Å². The summed E-state index contributed by atoms with van der Waals surface area (Å²) in [6.45, 7) is 6.07. The second kappa shape index (κ2) is 8.24. The van der Waals surface area contributed by atoms with Crippen molar-refractivity contribution in [1.82, 2.24) is 20.0 Å². The van der Waals surface area contributed by atoms with Crippen LogP contribution in [0.2, 0.25) is 0 Å². The predicted octanol–water partition coefficient (Wildman–Crippen LogP) is 1.20. The van der Waals surface area contributed by atoms with Crippen molar-refractivity contribution in [3.05, 3.63) is 18.0 Å². The van der Waals surface area contributed by atoms with Crippen molar-refractivity contribution >= 4 is 0 Å². The predicted molar refractivity (Wildman–Crippen MR) is 89.3 cm³/mol. The third-order valence-electron chi connectivity index (χ3n) is 5.05. The van der Waals surface area contributed by atoms with Gasteiger partial charge < -0.3 is 14.8 Å². The van der Waals surface area contributed by atoms with Gasteiger partial charge >= 0.3 is 0 Å². The van der Waals surface area contributed by atoms with Crippen molar-refractivity contribution in [2.24, 2.45) is 13.0 Å². The molecule has 23 heavy (non-hydrogen) atoms. The van der Waals surface area contributed by atoms with E-state index in [0.717, 1.165) is 39.3 Å². The topological polar surface area (TPSA) is 51.6 Å². The molecule has 3 heterocycles. The maximum Gasteiger partial charge on any atom is 0.0895 e. The minimum absolute atomic E-state index is 0.191. The molecule has 3 atom stereocenters. The van der Waals surface area contributed by atoms with Gasteiger partial charge in [0.2, 0.25) is 0 Å². The van der Waals surface area contributed by atoms with Crippen LogP contribution < -0.4 is 5.32 Å². The van der Waals surface area contributed by atoms with Gasteiger partial charge in [-0.25, -0.2) is 0 Å². The molecule has 130 valence electrons. The first-order chi connectivity index (χ1) is 11.3. The number of aryl methyl sites for hydroxylation is 1. The van der Waals surface area contributed by atoms with Crippen molar-refractivity contribution in [1.29, 1.82) is 0 Å². The quantitative estimate of drug-likeness (QED) is 0.817. The van der Waals surface area contributed by atoms with Crippen LogP contribution >= 0.6 is 0 Å². The SMILES string of the molecule is COCCN1CCC(NC[C@@H]2CCCO[C@H]2c2cnn(C)c2)C1. The minimum Gasteiger partial charge on any atom is -0.383 e. The number of rotatable bonds is 7. The number of ether oxygens (including phenoxy) is 2. The molecule has 0 amide bonds. The fourth-order valence-electron chi connectivity index (χ4n) is 3.75. The number of hydrogen-bond donors (Lipinski definition) is 1. The van der Waals surface area contributed by atoms with Crippen molar-refractivity contribution < 1.29 is 9.47 Å². The number of nitrogens with one attached hydrogen (secondary N) is 1. The Labute approximate surface area is 139 Å². The fraction of sp³-hybridized carbons (Fsp3) is 0.824. The molecule has 2 saturated heterocycles. The van der Waals surface area contributed by atoms with Crippen molar-refractivity contribution in [3.8, 4) is 0 Å². The first-order valence-electron chi connectivity index (χ1n) is 8.81. The normalized spacial score (nSPS) is 29.2. The van der Waals surface area contributed by atoms with Crippen LogP contribution in [0.15, 0.2) is 12.4 Å². The van der Waals surface area contributed by atoms with Crippen LogP contribution in [0.3, 0.4) is 0 Å². The number of hydrogen-bond acceptors (Lipinski definition) is 5. The molecule has 6 heteroatoms. The van der Waals surface area contributed by atoms with Gasteiger partial charge in [0, 0.05) is 64.1 Å². The van der Waals surface area contributed by atoms with E-state index in [4.69, 9.17) is 9.47 Å². The second-order valence-corrected chi connectivity index (χ2v) is 6.83. The van der Waals surface area contributed by atoms with Crippen LogP contribution in [0, 0.1) is 5.92 Å². The smallest absolute Gasteiger partial charge is 0.0895 e. The van der Waals surface area contributed by atoms with E-state index >= 15 is 0 Å². The molecule has 3 rings (SSSR count). The summed E-state index contributed by atoms with van der Waals surface area (Å²) in [5.41, 5.74) is 1.21. The lowest BCUT2D eigenvalue weighted by Crippen LogP contribution is -2.39. The molecule has 2 fully saturated rings. The highest BCUT2D eigenvalue weighted by Gasteiger charge is 2.30. The highest BCUT2D eigenvalue weighted by molar-refractivity contribution is 5.10. The maximum absolute atomic E-state index is 6.06. The largest absolute Gasteiger partial charge is 0.383 e. The van der Waals surface area contributed by atoms with E-state index in [1.807, 2.05) is 17.9 Å². The molecule has 2 aliphatic rings. The lowest BCUT2D eigenvalue weighted by Gasteiger charge is -2.32. The van der Waals surface area contributed by atoms with E-state index in [9.17, 15) is 0 Å². The summed E-state index contributed by atoms with van der Waals surface area (Å²) in [7, 11) is 3.74. The van der Waals surface area contributed by atoms with E-state index in [0.29, 0.717) is 12.0 Å². The molecule has 0 aliphatic carbocycles. The number of likely N-dealkylation sites (tertiary alicyclic amines) is 1. The summed E-state index contributed by atoms with van der Waals surface area (Å²) < 4.78 is 13.1. The summed E-state index contributed by atoms with van der Waals surface area (Å²) in [5, 5.41) is 8.07. The highest BCUT2D eigenvalue weighted by Crippen LogP contribution is 2.33. The lowest BCUT2D eigenvalue weighted by molar-refractivity contribution is -0.0284. The summed E-state index contributed by atoms with van der Waals surface area (Å²) in [6.07, 6.45) is 7.85. The summed E-state index contributed by atoms with van der Waals surface area (Å²) in [4.78, 5) is 2.48. The van der Waals surface area contributed by atoms with Crippen LogP contribution in [-0.4, -0.2) is 67.2 Å². The summed E-state index contributed by atoms with van der Waals surface area (Å²) in [5.74, 6) is 0.543. The summed E-state index contributed by atoms with van der Waals surface area (Å²) in [6, 6.07) is 0.600. The Bertz CT molecular complexity index is 479. The summed E-state index contributed by atoms with van der Waals surface area (Å²) >= 11 is 0. The molecular weight excluding hydrogens is 292 g/mol. The van der Waals surface area contributed by atoms with Crippen molar-refractivity contribution in [2.45, 2.75) is 31.4 Å². The highest BCUT2D eigenvalue weighted by atomic mass is 16.5. The van der Waals surface area contributed by atoms with Crippen LogP contribution in [-0.2, 0) is 16.5 Å². The van der Waals surface area contributed by atoms with E-state index in [2.05, 4.69) is 21.5 Å². The molecule has 1 aromatic rings. The molecule has 6 nitrogen and oxygen atoms in total. The van der Waals surface area contributed by atoms with Crippen LogP contribution in [0.4, 0.5) is 0 Å². The lowest BCUT2D eigenvalue weighted by atomic mass is 9.90. The Kier molecular flexibility index (Phi) is 6.05. The standard InChI is InChI=1S/C17H30N4O2/c1-20-12-15(11-19-20)17-14(4-3-8-23-17)10-18-16-5-6-21(13-16)7-9-22-2/h11-12,14,16-18H,3-10,13H2,1-2H3/t14-,16?,17+/m0/s1. The Morgan fingerprint density at radius 2 is 2.35 bits per heavy atom. The van der Waals surface area contributed by atoms with Gasteiger partial charge in [-0.1, -0.05) is 0 Å². The molecule has 0 radical (unpaired) electrons. The van der Waals surface area contributed by atoms with Gasteiger partial charge in [0.1, 0.15) is 0 Å². The molecule has 1 unspecified atom stereocenters. The van der Waals surface area contributed by atoms with Crippen LogP contribution in [0.25, 0.3) is 0 Å². The molecule has 0 saturated carbocycles. The maximum atomic E-state index is 6.06. The Morgan fingerprint density at radius 3 is 3.13 bits per heavy atom. The van der Waals surface area contributed by atoms with E-state index < -0.39 is 0 Å². The van der Waals surface area contributed by atoms with Crippen LogP contribution in [0.1, 0.15) is 30.9 Å². The average molecular weight is 322 g/mol. The van der Waals surface area contributed by atoms with E-state index in [-0.39, 0.29) is 6.10 Å². The molecule has 0 aromatic carbocycles. The van der Waals surface area contributed by atoms with Gasteiger partial charge in [-0.05, 0) is 25.8 Å². The molecular formula is C17H30N4O2. The van der Waals surface area contributed by atoms with Crippen molar-refractivity contribution in [3.63, 3.8) is 0 Å². The van der Waals surface area contributed by atoms with E-state index in [1.54, 1.807) is 7.11 Å². The Hall–Kier alpha value is -0.950.